The third kappa shape index (κ3) is 3.50. The third-order valence-corrected chi connectivity index (χ3v) is 5.42. The highest BCUT2D eigenvalue weighted by Crippen LogP contribution is 2.27. The van der Waals surface area contributed by atoms with Gasteiger partial charge < -0.3 is 0 Å². The van der Waals surface area contributed by atoms with Gasteiger partial charge in [-0.2, -0.15) is 0 Å². The smallest absolute Gasteiger partial charge is 0.108 e. The van der Waals surface area contributed by atoms with Crippen molar-refractivity contribution in [2.24, 2.45) is 0 Å². The summed E-state index contributed by atoms with van der Waals surface area (Å²) in [7, 11) is 0. The summed E-state index contributed by atoms with van der Waals surface area (Å²) in [5, 5.41) is 1.11. The van der Waals surface area contributed by atoms with Crippen LogP contribution in [-0.2, 0) is 6.42 Å². The van der Waals surface area contributed by atoms with Gasteiger partial charge in [-0.05, 0) is 47.4 Å². The second-order valence-corrected chi connectivity index (χ2v) is 7.54. The molecule has 2 aromatic heterocycles. The van der Waals surface area contributed by atoms with E-state index in [0.717, 1.165) is 46.0 Å². The van der Waals surface area contributed by atoms with Crippen molar-refractivity contribution < 1.29 is 0 Å². The molecule has 0 fully saturated rings. The Hall–Kier alpha value is -3.72. The molecule has 3 heteroatoms. The first-order chi connectivity index (χ1) is 14.8. The lowest BCUT2D eigenvalue weighted by Gasteiger charge is -2.08. The minimum atomic E-state index is 0.907. The molecule has 2 heterocycles. The van der Waals surface area contributed by atoms with E-state index in [2.05, 4.69) is 100 Å². The Morgan fingerprint density at radius 1 is 0.800 bits per heavy atom. The fourth-order valence-corrected chi connectivity index (χ4v) is 3.88. The Kier molecular flexibility index (Phi) is 4.86. The highest BCUT2D eigenvalue weighted by Gasteiger charge is 2.10. The van der Waals surface area contributed by atoms with Crippen molar-refractivity contribution >= 4 is 34.1 Å². The topological polar surface area (TPSA) is 30.7 Å². The minimum absolute atomic E-state index is 0.907. The largest absolute Gasteiger partial charge is 0.298 e. The molecule has 3 aromatic carbocycles. The molecule has 0 saturated heterocycles. The van der Waals surface area contributed by atoms with Crippen LogP contribution in [0.2, 0.25) is 0 Å². The lowest BCUT2D eigenvalue weighted by Crippen LogP contribution is -1.94. The average molecular weight is 390 g/mol. The van der Waals surface area contributed by atoms with Gasteiger partial charge in [-0.3, -0.25) is 9.55 Å². The van der Waals surface area contributed by atoms with Crippen molar-refractivity contribution in [3.63, 3.8) is 0 Å². The number of benzene rings is 3. The second kappa shape index (κ2) is 7.96. The number of aromatic nitrogens is 3. The van der Waals surface area contributed by atoms with Gasteiger partial charge in [0.15, 0.2) is 0 Å². The molecular weight excluding hydrogens is 366 g/mol. The Balaban J connectivity index is 1.61. The predicted octanol–water partition coefficient (Wildman–Crippen LogP) is 6.70. The monoisotopic (exact) mass is 389 g/mol. The number of hydrogen-bond acceptors (Lipinski definition) is 2. The fourth-order valence-electron chi connectivity index (χ4n) is 3.88. The van der Waals surface area contributed by atoms with E-state index in [1.54, 1.807) is 0 Å². The van der Waals surface area contributed by atoms with Crippen LogP contribution in [0, 0.1) is 0 Å². The van der Waals surface area contributed by atoms with E-state index < -0.39 is 0 Å². The fraction of sp³-hybridized carbons (Fsp3) is 0.111. The van der Waals surface area contributed by atoms with Gasteiger partial charge in [0.05, 0.1) is 17.2 Å². The van der Waals surface area contributed by atoms with Crippen LogP contribution in [0.4, 0.5) is 0 Å². The quantitative estimate of drug-likeness (QED) is 0.313. The van der Waals surface area contributed by atoms with Gasteiger partial charge in [0, 0.05) is 11.1 Å². The van der Waals surface area contributed by atoms with Crippen LogP contribution >= 0.6 is 0 Å². The highest BCUT2D eigenvalue weighted by atomic mass is 15.1. The third-order valence-electron chi connectivity index (χ3n) is 5.42. The lowest BCUT2D eigenvalue weighted by molar-refractivity contribution is 0.920. The first-order valence-electron chi connectivity index (χ1n) is 10.4. The Labute approximate surface area is 176 Å². The van der Waals surface area contributed by atoms with Crippen molar-refractivity contribution in [3.8, 4) is 5.69 Å². The van der Waals surface area contributed by atoms with Crippen LogP contribution in [0.15, 0.2) is 85.3 Å². The molecule has 5 aromatic rings. The number of pyridine rings is 1. The summed E-state index contributed by atoms with van der Waals surface area (Å²) in [5.74, 6) is 0. The zero-order valence-corrected chi connectivity index (χ0v) is 17.0. The van der Waals surface area contributed by atoms with E-state index in [1.165, 1.54) is 11.1 Å². The molecular formula is C27H23N3. The number of nitrogens with zero attached hydrogens (tertiary/aromatic N) is 3. The maximum Gasteiger partial charge on any atom is 0.108 e. The van der Waals surface area contributed by atoms with E-state index >= 15 is 0 Å². The van der Waals surface area contributed by atoms with Crippen molar-refractivity contribution in [2.75, 3.05) is 0 Å². The molecule has 5 rings (SSSR count). The zero-order valence-electron chi connectivity index (χ0n) is 17.0. The molecule has 0 amide bonds. The van der Waals surface area contributed by atoms with E-state index in [-0.39, 0.29) is 0 Å². The number of hydrogen-bond donors (Lipinski definition) is 0. The van der Waals surface area contributed by atoms with Crippen LogP contribution in [0.3, 0.4) is 0 Å². The van der Waals surface area contributed by atoms with E-state index in [4.69, 9.17) is 0 Å². The second-order valence-electron chi connectivity index (χ2n) is 7.54. The van der Waals surface area contributed by atoms with E-state index in [0.29, 0.717) is 0 Å². The Morgan fingerprint density at radius 2 is 1.60 bits per heavy atom. The number of aryl methyl sites for hydroxylation is 1. The molecule has 0 unspecified atom stereocenters. The van der Waals surface area contributed by atoms with E-state index in [9.17, 15) is 0 Å². The standard InChI is InChI=1S/C27H23N3/c1-2-6-20-11-14-23(15-12-20)30-19-29-26-18-28-25-16-13-22(17-24(25)27(26)30)10-9-21-7-4-3-5-8-21/h3-5,7-19H,2,6H2,1H3/b10-9+. The van der Waals surface area contributed by atoms with Gasteiger partial charge in [-0.25, -0.2) is 4.98 Å². The molecule has 0 aliphatic carbocycles. The Morgan fingerprint density at radius 3 is 2.40 bits per heavy atom. The van der Waals surface area contributed by atoms with Crippen LogP contribution in [0.25, 0.3) is 39.8 Å². The molecule has 0 radical (unpaired) electrons. The van der Waals surface area contributed by atoms with Gasteiger partial charge in [-0.1, -0.05) is 74.0 Å². The maximum absolute atomic E-state index is 4.61. The van der Waals surface area contributed by atoms with Crippen molar-refractivity contribution in [2.45, 2.75) is 19.8 Å². The Bertz CT molecular complexity index is 1330. The summed E-state index contributed by atoms with van der Waals surface area (Å²) in [4.78, 5) is 9.22. The van der Waals surface area contributed by atoms with Crippen molar-refractivity contribution in [1.82, 2.24) is 14.5 Å². The molecule has 0 spiro atoms. The van der Waals surface area contributed by atoms with Crippen LogP contribution in [0.1, 0.15) is 30.0 Å². The zero-order chi connectivity index (χ0) is 20.3. The van der Waals surface area contributed by atoms with Gasteiger partial charge >= 0.3 is 0 Å². The van der Waals surface area contributed by atoms with Gasteiger partial charge in [-0.15, -0.1) is 0 Å². The van der Waals surface area contributed by atoms with Crippen LogP contribution in [0.5, 0.6) is 0 Å². The summed E-state index contributed by atoms with van der Waals surface area (Å²) < 4.78 is 2.17. The number of imidazole rings is 1. The van der Waals surface area contributed by atoms with Crippen molar-refractivity contribution in [1.29, 1.82) is 0 Å². The van der Waals surface area contributed by atoms with Gasteiger partial charge in [0.2, 0.25) is 0 Å². The summed E-state index contributed by atoms with van der Waals surface area (Å²) in [6, 6.07) is 25.5. The predicted molar refractivity (Wildman–Crippen MR) is 126 cm³/mol. The molecule has 0 aliphatic heterocycles. The normalized spacial score (nSPS) is 11.6. The molecule has 0 N–H and O–H groups in total. The maximum atomic E-state index is 4.61. The van der Waals surface area contributed by atoms with Crippen molar-refractivity contribution in [3.05, 3.63) is 102 Å². The SMILES string of the molecule is CCCc1ccc(-n2cnc3cnc4ccc(/C=C/c5ccccc5)cc4c32)cc1. The molecule has 0 atom stereocenters. The molecule has 3 nitrogen and oxygen atoms in total. The summed E-state index contributed by atoms with van der Waals surface area (Å²) in [6.07, 6.45) is 10.3. The van der Waals surface area contributed by atoms with Crippen LogP contribution < -0.4 is 0 Å². The summed E-state index contributed by atoms with van der Waals surface area (Å²) >= 11 is 0. The first-order valence-corrected chi connectivity index (χ1v) is 10.4. The molecule has 0 aliphatic rings. The van der Waals surface area contributed by atoms with Gasteiger partial charge in [0.25, 0.3) is 0 Å². The molecule has 0 saturated carbocycles. The first kappa shape index (κ1) is 18.3. The number of rotatable bonds is 5. The lowest BCUT2D eigenvalue weighted by atomic mass is 10.1. The minimum Gasteiger partial charge on any atom is -0.298 e. The summed E-state index contributed by atoms with van der Waals surface area (Å²) in [6.45, 7) is 2.21. The molecule has 30 heavy (non-hydrogen) atoms. The summed E-state index contributed by atoms with van der Waals surface area (Å²) in [5.41, 5.74) is 7.80. The van der Waals surface area contributed by atoms with Crippen LogP contribution in [-0.4, -0.2) is 14.5 Å². The van der Waals surface area contributed by atoms with Gasteiger partial charge in [0.1, 0.15) is 11.8 Å². The highest BCUT2D eigenvalue weighted by molar-refractivity contribution is 6.03. The molecule has 0 bridgehead atoms. The average Bonchev–Trinajstić information content (AvgIpc) is 3.24. The van der Waals surface area contributed by atoms with E-state index in [1.807, 2.05) is 18.6 Å². The number of fused-ring (bicyclic) bond motifs is 3. The molecule has 146 valence electrons.